The molecule has 0 aliphatic carbocycles. The quantitative estimate of drug-likeness (QED) is 0.703. The zero-order valence-corrected chi connectivity index (χ0v) is 15.1. The molecule has 0 N–H and O–H groups in total. The van der Waals surface area contributed by atoms with Crippen LogP contribution in [0.3, 0.4) is 0 Å². The second-order valence-corrected chi connectivity index (χ2v) is 9.83. The van der Waals surface area contributed by atoms with Crippen molar-refractivity contribution in [3.8, 4) is 10.4 Å². The molecule has 0 radical (unpaired) electrons. The van der Waals surface area contributed by atoms with Gasteiger partial charge in [-0.15, -0.1) is 11.3 Å². The van der Waals surface area contributed by atoms with E-state index in [9.17, 15) is 8.42 Å². The summed E-state index contributed by atoms with van der Waals surface area (Å²) in [6, 6.07) is 11.9. The van der Waals surface area contributed by atoms with E-state index in [1.54, 1.807) is 29.9 Å². The van der Waals surface area contributed by atoms with Crippen LogP contribution in [0.15, 0.2) is 63.6 Å². The van der Waals surface area contributed by atoms with E-state index in [1.807, 2.05) is 23.6 Å². The average Bonchev–Trinajstić information content (AvgIpc) is 3.37. The summed E-state index contributed by atoms with van der Waals surface area (Å²) in [6.45, 7) is 2.09. The Balaban J connectivity index is 1.51. The van der Waals surface area contributed by atoms with Crippen LogP contribution in [-0.2, 0) is 16.4 Å². The Morgan fingerprint density at radius 1 is 1.20 bits per heavy atom. The molecule has 6 heteroatoms. The van der Waals surface area contributed by atoms with Gasteiger partial charge in [-0.3, -0.25) is 4.90 Å². The van der Waals surface area contributed by atoms with Gasteiger partial charge >= 0.3 is 0 Å². The normalized spacial score (nSPS) is 24.3. The molecule has 0 amide bonds. The van der Waals surface area contributed by atoms with Crippen molar-refractivity contribution in [1.82, 2.24) is 4.90 Å². The zero-order valence-electron chi connectivity index (χ0n) is 13.5. The Labute approximate surface area is 150 Å². The molecule has 4 nitrogen and oxygen atoms in total. The van der Waals surface area contributed by atoms with Crippen LogP contribution < -0.4 is 0 Å². The molecule has 5 rings (SSSR count). The molecular weight excluding hydrogens is 354 g/mol. The molecule has 4 heterocycles. The number of nitrogens with zero attached hydrogens (tertiary/aromatic N) is 1. The molecule has 128 valence electrons. The van der Waals surface area contributed by atoms with E-state index in [-0.39, 0.29) is 11.2 Å². The molecule has 2 atom stereocenters. The lowest BCUT2D eigenvalue weighted by Crippen LogP contribution is -2.25. The van der Waals surface area contributed by atoms with E-state index < -0.39 is 9.84 Å². The predicted octanol–water partition coefficient (Wildman–Crippen LogP) is 3.76. The van der Waals surface area contributed by atoms with Gasteiger partial charge < -0.3 is 4.42 Å². The number of furan rings is 1. The van der Waals surface area contributed by atoms with Crippen molar-refractivity contribution < 1.29 is 12.8 Å². The smallest absolute Gasteiger partial charge is 0.183 e. The van der Waals surface area contributed by atoms with Crippen LogP contribution in [-0.4, -0.2) is 31.7 Å². The summed E-state index contributed by atoms with van der Waals surface area (Å²) < 4.78 is 31.1. The molecule has 2 aliphatic rings. The summed E-state index contributed by atoms with van der Waals surface area (Å²) >= 11 is 1.68. The molecule has 25 heavy (non-hydrogen) atoms. The molecule has 0 spiro atoms. The highest BCUT2D eigenvalue weighted by Crippen LogP contribution is 2.46. The first-order valence-corrected chi connectivity index (χ1v) is 10.7. The van der Waals surface area contributed by atoms with Crippen LogP contribution in [0.4, 0.5) is 0 Å². The molecule has 0 unspecified atom stereocenters. The lowest BCUT2D eigenvalue weighted by molar-refractivity contribution is 0.324. The number of rotatable bonds is 3. The van der Waals surface area contributed by atoms with Crippen molar-refractivity contribution in [3.63, 3.8) is 0 Å². The minimum Gasteiger partial charge on any atom is -0.472 e. The molecular formula is C19H17NO3S2. The summed E-state index contributed by atoms with van der Waals surface area (Å²) in [7, 11) is -3.24. The largest absolute Gasteiger partial charge is 0.472 e. The second kappa shape index (κ2) is 5.56. The van der Waals surface area contributed by atoms with Crippen molar-refractivity contribution in [1.29, 1.82) is 0 Å². The predicted molar refractivity (Wildman–Crippen MR) is 97.5 cm³/mol. The number of likely N-dealkylation sites (tertiary alicyclic amines) is 1. The molecule has 3 aromatic rings. The average molecular weight is 371 g/mol. The van der Waals surface area contributed by atoms with Crippen LogP contribution in [0.1, 0.15) is 17.0 Å². The summed E-state index contributed by atoms with van der Waals surface area (Å²) in [5, 5.41) is 1.72. The summed E-state index contributed by atoms with van der Waals surface area (Å²) in [4.78, 5) is 3.93. The van der Waals surface area contributed by atoms with Gasteiger partial charge in [0.25, 0.3) is 0 Å². The number of benzene rings is 1. The number of fused-ring (bicyclic) bond motifs is 3. The van der Waals surface area contributed by atoms with Gasteiger partial charge in [0.15, 0.2) is 9.84 Å². The van der Waals surface area contributed by atoms with Gasteiger partial charge in [-0.2, -0.15) is 0 Å². The number of sulfone groups is 1. The Kier molecular flexibility index (Phi) is 3.42. The monoisotopic (exact) mass is 371 g/mol. The molecule has 1 aromatic carbocycles. The number of hydrogen-bond donors (Lipinski definition) is 0. The molecule has 1 fully saturated rings. The first-order chi connectivity index (χ1) is 12.1. The van der Waals surface area contributed by atoms with E-state index in [4.69, 9.17) is 4.42 Å². The highest BCUT2D eigenvalue weighted by Gasteiger charge is 2.50. The van der Waals surface area contributed by atoms with Gasteiger partial charge in [0.2, 0.25) is 0 Å². The van der Waals surface area contributed by atoms with E-state index >= 15 is 0 Å². The lowest BCUT2D eigenvalue weighted by atomic mass is 9.96. The van der Waals surface area contributed by atoms with Gasteiger partial charge in [-0.05, 0) is 40.8 Å². The van der Waals surface area contributed by atoms with E-state index in [0.29, 0.717) is 11.4 Å². The molecule has 0 bridgehead atoms. The fourth-order valence-electron chi connectivity index (χ4n) is 4.09. The third kappa shape index (κ3) is 2.39. The van der Waals surface area contributed by atoms with Crippen LogP contribution >= 0.6 is 11.3 Å². The number of thiophene rings is 1. The maximum Gasteiger partial charge on any atom is 0.183 e. The maximum absolute atomic E-state index is 13.0. The third-order valence-corrected chi connectivity index (χ3v) is 8.43. The van der Waals surface area contributed by atoms with Crippen LogP contribution in [0.25, 0.3) is 10.4 Å². The Morgan fingerprint density at radius 2 is 2.12 bits per heavy atom. The van der Waals surface area contributed by atoms with Gasteiger partial charge in [-0.25, -0.2) is 8.42 Å². The maximum atomic E-state index is 13.0. The summed E-state index contributed by atoms with van der Waals surface area (Å²) in [6.07, 6.45) is 3.39. The Morgan fingerprint density at radius 3 is 2.88 bits per heavy atom. The van der Waals surface area contributed by atoms with Crippen molar-refractivity contribution in [2.45, 2.75) is 22.6 Å². The van der Waals surface area contributed by atoms with Crippen LogP contribution in [0, 0.1) is 0 Å². The van der Waals surface area contributed by atoms with Crippen molar-refractivity contribution in [3.05, 3.63) is 65.4 Å². The minimum absolute atomic E-state index is 0.0619. The fourth-order valence-corrected chi connectivity index (χ4v) is 7.01. The minimum atomic E-state index is -3.24. The Hall–Kier alpha value is -1.89. The van der Waals surface area contributed by atoms with Gasteiger partial charge in [0, 0.05) is 36.0 Å². The van der Waals surface area contributed by atoms with Crippen LogP contribution in [0.5, 0.6) is 0 Å². The lowest BCUT2D eigenvalue weighted by Gasteiger charge is -2.16. The standard InChI is InChI=1S/C19H17NO3S2/c21-25(22)18-4-3-14(17-2-1-7-24-17)8-15(18)16-10-20(11-19(16)25)9-13-5-6-23-12-13/h1-8,12,16,19H,9-11H2/t16-,19-/m1/s1. The molecule has 0 saturated carbocycles. The van der Waals surface area contributed by atoms with Crippen molar-refractivity contribution in [2.75, 3.05) is 13.1 Å². The molecule has 2 aliphatic heterocycles. The topological polar surface area (TPSA) is 50.5 Å². The first kappa shape index (κ1) is 15.4. The summed E-state index contributed by atoms with van der Waals surface area (Å²) in [5.74, 6) is 0.0619. The van der Waals surface area contributed by atoms with Gasteiger partial charge in [0.1, 0.15) is 0 Å². The fraction of sp³-hybridized carbons (Fsp3) is 0.263. The van der Waals surface area contributed by atoms with E-state index in [1.165, 1.54) is 4.88 Å². The molecule has 2 aromatic heterocycles. The first-order valence-electron chi connectivity index (χ1n) is 8.28. The second-order valence-electron chi connectivity index (χ2n) is 6.75. The van der Waals surface area contributed by atoms with E-state index in [0.717, 1.165) is 29.8 Å². The van der Waals surface area contributed by atoms with Crippen molar-refractivity contribution in [2.24, 2.45) is 0 Å². The Bertz CT molecular complexity index is 1010. The van der Waals surface area contributed by atoms with Crippen molar-refractivity contribution >= 4 is 21.2 Å². The van der Waals surface area contributed by atoms with E-state index in [2.05, 4.69) is 17.0 Å². The highest BCUT2D eigenvalue weighted by molar-refractivity contribution is 7.92. The van der Waals surface area contributed by atoms with Crippen LogP contribution in [0.2, 0.25) is 0 Å². The third-order valence-electron chi connectivity index (χ3n) is 5.25. The zero-order chi connectivity index (χ0) is 17.0. The van der Waals surface area contributed by atoms with Gasteiger partial charge in [-0.1, -0.05) is 12.1 Å². The van der Waals surface area contributed by atoms with Gasteiger partial charge in [0.05, 0.1) is 22.7 Å². The molecule has 1 saturated heterocycles. The highest BCUT2D eigenvalue weighted by atomic mass is 32.2. The number of hydrogen-bond acceptors (Lipinski definition) is 5. The summed E-state index contributed by atoms with van der Waals surface area (Å²) in [5.41, 5.74) is 3.19. The SMILES string of the molecule is O=S1(=O)c2ccc(-c3cccs3)cc2[C@H]2CN(Cc3ccoc3)C[C@H]21.